The van der Waals surface area contributed by atoms with Gasteiger partial charge in [0.15, 0.2) is 0 Å². The predicted octanol–water partition coefficient (Wildman–Crippen LogP) is -3.63. The molecule has 0 radical (unpaired) electrons. The first-order valence-corrected chi connectivity index (χ1v) is 6.02. The number of fused-ring (bicyclic) bond motifs is 1. The van der Waals surface area contributed by atoms with Crippen LogP contribution in [0.25, 0.3) is 6.08 Å². The molecule has 1 fully saturated rings. The molecular weight excluding hydrogens is 277 g/mol. The molecule has 1 aromatic heterocycles. The van der Waals surface area contributed by atoms with E-state index in [0.29, 0.717) is 11.3 Å². The van der Waals surface area contributed by atoms with E-state index >= 15 is 0 Å². The van der Waals surface area contributed by atoms with Gasteiger partial charge in [-0.05, 0) is 23.6 Å². The summed E-state index contributed by atoms with van der Waals surface area (Å²) in [6, 6.07) is 3.44. The van der Waals surface area contributed by atoms with Crippen LogP contribution in [0.4, 0.5) is 0 Å². The summed E-state index contributed by atoms with van der Waals surface area (Å²) in [5, 5.41) is 19.5. The summed E-state index contributed by atoms with van der Waals surface area (Å²) in [6.45, 7) is 0. The van der Waals surface area contributed by atoms with E-state index < -0.39 is 5.97 Å². The fraction of sp³-hybridized carbons (Fsp3) is 0.0909. The third-order valence-corrected chi connectivity index (χ3v) is 3.72. The largest absolute Gasteiger partial charge is 1.00 e. The number of hydrogen-bond acceptors (Lipinski definition) is 6. The maximum atomic E-state index is 11.8. The molecule has 0 spiro atoms. The van der Waals surface area contributed by atoms with Crippen molar-refractivity contribution >= 4 is 29.7 Å². The fourth-order valence-corrected chi connectivity index (χ4v) is 2.92. The van der Waals surface area contributed by atoms with Crippen LogP contribution >= 0.6 is 11.8 Å². The molecule has 3 heterocycles. The summed E-state index contributed by atoms with van der Waals surface area (Å²) < 4.78 is 0. The van der Waals surface area contributed by atoms with Gasteiger partial charge in [0.05, 0.1) is 22.9 Å². The Kier molecular flexibility index (Phi) is 4.10. The minimum absolute atomic E-state index is 0. The number of rotatable bonds is 2. The summed E-state index contributed by atoms with van der Waals surface area (Å²) in [6.07, 6.45) is 3.16. The number of aliphatic carboxylic acids is 1. The fourth-order valence-electron chi connectivity index (χ4n) is 1.81. The SMILES string of the molecule is O=C([O-])C1=CSC2C(=Cc3cccnn3)C(=O)N12.[Na+]. The van der Waals surface area contributed by atoms with Crippen molar-refractivity contribution < 1.29 is 44.3 Å². The van der Waals surface area contributed by atoms with Crippen LogP contribution in [0.1, 0.15) is 5.69 Å². The zero-order valence-electron chi connectivity index (χ0n) is 9.94. The van der Waals surface area contributed by atoms with Crippen LogP contribution in [0.5, 0.6) is 0 Å². The second-order valence-electron chi connectivity index (χ2n) is 3.70. The Morgan fingerprint density at radius 1 is 1.53 bits per heavy atom. The molecule has 0 saturated carbocycles. The number of carbonyl (C=O) groups is 2. The van der Waals surface area contributed by atoms with E-state index in [-0.39, 0.29) is 46.5 Å². The second-order valence-corrected chi connectivity index (χ2v) is 4.66. The Bertz CT molecular complexity index is 602. The van der Waals surface area contributed by atoms with Gasteiger partial charge in [-0.1, -0.05) is 0 Å². The minimum atomic E-state index is -1.34. The maximum absolute atomic E-state index is 11.8. The first-order chi connectivity index (χ1) is 8.68. The van der Waals surface area contributed by atoms with Crippen LogP contribution in [-0.4, -0.2) is 32.3 Å². The molecule has 8 heteroatoms. The summed E-state index contributed by atoms with van der Waals surface area (Å²) in [5.74, 6) is -1.66. The van der Waals surface area contributed by atoms with E-state index in [1.165, 1.54) is 28.3 Å². The van der Waals surface area contributed by atoms with Crippen molar-refractivity contribution in [2.75, 3.05) is 0 Å². The summed E-state index contributed by atoms with van der Waals surface area (Å²) in [4.78, 5) is 23.8. The van der Waals surface area contributed by atoms with Crippen LogP contribution in [0, 0.1) is 0 Å². The molecule has 1 atom stereocenters. The Balaban J connectivity index is 0.00000133. The summed E-state index contributed by atoms with van der Waals surface area (Å²) in [5.41, 5.74) is 1.02. The molecule has 6 nitrogen and oxygen atoms in total. The van der Waals surface area contributed by atoms with E-state index in [1.54, 1.807) is 18.2 Å². The third-order valence-electron chi connectivity index (χ3n) is 2.64. The number of carboxylic acids is 1. The average molecular weight is 283 g/mol. The normalized spacial score (nSPS) is 22.4. The number of carbonyl (C=O) groups excluding carboxylic acids is 2. The van der Waals surface area contributed by atoms with Gasteiger partial charge in [0.2, 0.25) is 0 Å². The standard InChI is InChI=1S/C11H7N3O3S.Na/c15-9-7(4-6-2-1-3-12-13-6)10-14(9)8(5-18-10)11(16)17;/h1-5,10H,(H,16,17);/q;+1/p-1. The van der Waals surface area contributed by atoms with E-state index in [0.717, 1.165) is 0 Å². The summed E-state index contributed by atoms with van der Waals surface area (Å²) >= 11 is 1.27. The Morgan fingerprint density at radius 2 is 2.32 bits per heavy atom. The minimum Gasteiger partial charge on any atom is -0.543 e. The van der Waals surface area contributed by atoms with Gasteiger partial charge in [-0.15, -0.1) is 11.8 Å². The number of amides is 1. The van der Waals surface area contributed by atoms with E-state index in [1.807, 2.05) is 0 Å². The molecule has 1 aromatic rings. The van der Waals surface area contributed by atoms with Crippen LogP contribution in [0.2, 0.25) is 0 Å². The molecule has 0 bridgehead atoms. The van der Waals surface area contributed by atoms with Gasteiger partial charge >= 0.3 is 29.6 Å². The van der Waals surface area contributed by atoms with Crippen molar-refractivity contribution in [2.24, 2.45) is 0 Å². The molecule has 1 saturated heterocycles. The van der Waals surface area contributed by atoms with Gasteiger partial charge in [0.25, 0.3) is 5.91 Å². The molecule has 1 unspecified atom stereocenters. The van der Waals surface area contributed by atoms with Gasteiger partial charge in [-0.3, -0.25) is 9.69 Å². The number of aromatic nitrogens is 2. The second kappa shape index (κ2) is 5.46. The van der Waals surface area contributed by atoms with Crippen LogP contribution < -0.4 is 34.7 Å². The van der Waals surface area contributed by atoms with Crippen LogP contribution in [0.15, 0.2) is 35.0 Å². The molecular formula is C11H6N3NaO3S. The molecule has 1 amide bonds. The number of β-lactam (4-membered cyclic amide) rings is 1. The molecule has 90 valence electrons. The van der Waals surface area contributed by atoms with Crippen molar-refractivity contribution in [3.05, 3.63) is 40.7 Å². The zero-order valence-corrected chi connectivity index (χ0v) is 12.8. The van der Waals surface area contributed by atoms with Crippen molar-refractivity contribution in [2.45, 2.75) is 5.37 Å². The monoisotopic (exact) mass is 283 g/mol. The summed E-state index contributed by atoms with van der Waals surface area (Å²) in [7, 11) is 0. The smallest absolute Gasteiger partial charge is 0.543 e. The molecule has 2 aliphatic rings. The number of hydrogen-bond donors (Lipinski definition) is 0. The average Bonchev–Trinajstić information content (AvgIpc) is 2.77. The molecule has 0 aliphatic carbocycles. The Labute approximate surface area is 134 Å². The number of carboxylic acid groups (broad SMARTS) is 1. The van der Waals surface area contributed by atoms with Gasteiger partial charge < -0.3 is 9.90 Å². The van der Waals surface area contributed by atoms with Crippen molar-refractivity contribution in [3.8, 4) is 0 Å². The zero-order chi connectivity index (χ0) is 12.7. The predicted molar refractivity (Wildman–Crippen MR) is 61.3 cm³/mol. The van der Waals surface area contributed by atoms with Crippen LogP contribution in [-0.2, 0) is 9.59 Å². The van der Waals surface area contributed by atoms with Crippen LogP contribution in [0.3, 0.4) is 0 Å². The van der Waals surface area contributed by atoms with E-state index in [9.17, 15) is 14.7 Å². The first-order valence-electron chi connectivity index (χ1n) is 5.08. The molecule has 3 rings (SSSR count). The third kappa shape index (κ3) is 2.34. The van der Waals surface area contributed by atoms with Crippen molar-refractivity contribution in [3.63, 3.8) is 0 Å². The van der Waals surface area contributed by atoms with E-state index in [2.05, 4.69) is 10.2 Å². The molecule has 19 heavy (non-hydrogen) atoms. The van der Waals surface area contributed by atoms with Gasteiger partial charge in [0, 0.05) is 6.20 Å². The van der Waals surface area contributed by atoms with Gasteiger partial charge in [-0.2, -0.15) is 10.2 Å². The van der Waals surface area contributed by atoms with Gasteiger partial charge in [-0.25, -0.2) is 0 Å². The quantitative estimate of drug-likeness (QED) is 0.316. The van der Waals surface area contributed by atoms with Crippen molar-refractivity contribution in [1.29, 1.82) is 0 Å². The van der Waals surface area contributed by atoms with Gasteiger partial charge in [0.1, 0.15) is 5.37 Å². The van der Waals surface area contributed by atoms with E-state index in [4.69, 9.17) is 0 Å². The van der Waals surface area contributed by atoms with Crippen molar-refractivity contribution in [1.82, 2.24) is 15.1 Å². The molecule has 0 N–H and O–H groups in total. The number of thioether (sulfide) groups is 1. The maximum Gasteiger partial charge on any atom is 1.00 e. The molecule has 2 aliphatic heterocycles. The number of nitrogens with zero attached hydrogens (tertiary/aromatic N) is 3. The topological polar surface area (TPSA) is 86.2 Å². The Hall–Kier alpha value is -1.15. The molecule has 0 aromatic carbocycles. The first kappa shape index (κ1) is 14.3. The Morgan fingerprint density at radius 3 is 2.95 bits per heavy atom.